The van der Waals surface area contributed by atoms with Crippen LogP contribution in [0.2, 0.25) is 0 Å². The Hall–Kier alpha value is -0.870. The molecule has 0 saturated carbocycles. The van der Waals surface area contributed by atoms with E-state index in [0.717, 1.165) is 12.8 Å². The molecule has 1 aromatic heterocycles. The molecule has 1 aliphatic carbocycles. The second kappa shape index (κ2) is 4.42. The summed E-state index contributed by atoms with van der Waals surface area (Å²) in [6.07, 6.45) is 3.29. The van der Waals surface area contributed by atoms with Crippen molar-refractivity contribution in [3.8, 4) is 0 Å². The second-order valence-electron chi connectivity index (χ2n) is 4.38. The van der Waals surface area contributed by atoms with Gasteiger partial charge in [0.1, 0.15) is 0 Å². The number of rotatable bonds is 1. The van der Waals surface area contributed by atoms with E-state index in [4.69, 9.17) is 5.73 Å². The normalized spacial score (nSPS) is 19.0. The minimum atomic E-state index is 0.595. The predicted octanol–water partition coefficient (Wildman–Crippen LogP) is 3.76. The van der Waals surface area contributed by atoms with Crippen molar-refractivity contribution in [2.45, 2.75) is 25.2 Å². The minimum absolute atomic E-state index is 0.595. The lowest BCUT2D eigenvalue weighted by molar-refractivity contribution is 0.583. The van der Waals surface area contributed by atoms with Crippen LogP contribution in [0.15, 0.2) is 28.7 Å². The molecule has 1 aliphatic rings. The van der Waals surface area contributed by atoms with E-state index in [1.54, 1.807) is 11.3 Å². The highest BCUT2D eigenvalue weighted by Gasteiger charge is 2.24. The van der Waals surface area contributed by atoms with Crippen LogP contribution in [0.3, 0.4) is 0 Å². The smallest absolute Gasteiger partial charge is 0.180 e. The van der Waals surface area contributed by atoms with Crippen molar-refractivity contribution < 1.29 is 0 Å². The average molecular weight is 309 g/mol. The highest BCUT2D eigenvalue weighted by atomic mass is 79.9. The Morgan fingerprint density at radius 2 is 2.18 bits per heavy atom. The molecule has 0 radical (unpaired) electrons. The van der Waals surface area contributed by atoms with Gasteiger partial charge < -0.3 is 5.73 Å². The molecule has 1 atom stereocenters. The Kier molecular flexibility index (Phi) is 2.92. The second-order valence-corrected chi connectivity index (χ2v) is 6.35. The van der Waals surface area contributed by atoms with Crippen LogP contribution in [-0.4, -0.2) is 4.98 Å². The summed E-state index contributed by atoms with van der Waals surface area (Å²) in [7, 11) is 0. The van der Waals surface area contributed by atoms with Gasteiger partial charge in [-0.05, 0) is 36.8 Å². The molecule has 88 valence electrons. The Labute approximate surface area is 113 Å². The molecule has 0 bridgehead atoms. The number of hydrogen-bond donors (Lipinski definition) is 1. The molecular formula is C13H13BrN2S. The molecule has 2 N–H and O–H groups in total. The van der Waals surface area contributed by atoms with Crippen LogP contribution in [0, 0.1) is 0 Å². The van der Waals surface area contributed by atoms with E-state index >= 15 is 0 Å². The molecule has 2 nitrogen and oxygen atoms in total. The first-order valence-electron chi connectivity index (χ1n) is 5.72. The third-order valence-corrected chi connectivity index (χ3v) is 4.97. The molecular weight excluding hydrogens is 296 g/mol. The van der Waals surface area contributed by atoms with Gasteiger partial charge >= 0.3 is 0 Å². The Balaban J connectivity index is 1.91. The number of halogens is 1. The summed E-state index contributed by atoms with van der Waals surface area (Å²) in [5.74, 6) is 0.595. The summed E-state index contributed by atoms with van der Waals surface area (Å²) in [4.78, 5) is 5.76. The topological polar surface area (TPSA) is 38.9 Å². The molecule has 0 spiro atoms. The zero-order valence-corrected chi connectivity index (χ0v) is 11.7. The largest absolute Gasteiger partial charge is 0.375 e. The summed E-state index contributed by atoms with van der Waals surface area (Å²) in [5, 5.41) is 0.711. The number of nitrogen functional groups attached to an aromatic ring is 1. The first kappa shape index (κ1) is 11.2. The molecule has 0 aliphatic heterocycles. The van der Waals surface area contributed by atoms with E-state index in [9.17, 15) is 0 Å². The maximum atomic E-state index is 5.77. The van der Waals surface area contributed by atoms with Gasteiger partial charge in [0.2, 0.25) is 0 Å². The van der Waals surface area contributed by atoms with Crippen molar-refractivity contribution in [1.29, 1.82) is 0 Å². The van der Waals surface area contributed by atoms with Crippen molar-refractivity contribution in [3.63, 3.8) is 0 Å². The molecule has 0 amide bonds. The number of hydrogen-bond acceptors (Lipinski definition) is 3. The van der Waals surface area contributed by atoms with E-state index in [0.29, 0.717) is 11.0 Å². The third kappa shape index (κ3) is 2.11. The van der Waals surface area contributed by atoms with Gasteiger partial charge in [-0.1, -0.05) is 34.1 Å². The van der Waals surface area contributed by atoms with Crippen LogP contribution >= 0.6 is 27.3 Å². The predicted molar refractivity (Wildman–Crippen MR) is 75.4 cm³/mol. The van der Waals surface area contributed by atoms with Crippen LogP contribution in [0.5, 0.6) is 0 Å². The van der Waals surface area contributed by atoms with Crippen molar-refractivity contribution in [1.82, 2.24) is 4.98 Å². The van der Waals surface area contributed by atoms with E-state index < -0.39 is 0 Å². The molecule has 4 heteroatoms. The van der Waals surface area contributed by atoms with Crippen LogP contribution in [0.4, 0.5) is 5.13 Å². The van der Waals surface area contributed by atoms with Crippen LogP contribution in [-0.2, 0) is 12.8 Å². The molecule has 3 rings (SSSR count). The highest BCUT2D eigenvalue weighted by molar-refractivity contribution is 9.10. The van der Waals surface area contributed by atoms with Crippen LogP contribution in [0.1, 0.15) is 28.5 Å². The number of anilines is 1. The quantitative estimate of drug-likeness (QED) is 0.871. The highest BCUT2D eigenvalue weighted by Crippen LogP contribution is 2.38. The van der Waals surface area contributed by atoms with Gasteiger partial charge in [0.15, 0.2) is 5.13 Å². The Morgan fingerprint density at radius 3 is 3.00 bits per heavy atom. The lowest BCUT2D eigenvalue weighted by Gasteiger charge is -2.22. The fourth-order valence-electron chi connectivity index (χ4n) is 2.47. The molecule has 0 saturated heterocycles. The fourth-order valence-corrected chi connectivity index (χ4v) is 4.03. The van der Waals surface area contributed by atoms with Crippen molar-refractivity contribution in [2.24, 2.45) is 0 Å². The summed E-state index contributed by atoms with van der Waals surface area (Å²) >= 11 is 5.29. The Bertz CT molecular complexity index is 550. The number of thiazole rings is 1. The van der Waals surface area contributed by atoms with E-state index in [-0.39, 0.29) is 0 Å². The van der Waals surface area contributed by atoms with Crippen molar-refractivity contribution in [2.75, 3.05) is 5.73 Å². The maximum absolute atomic E-state index is 5.77. The lowest BCUT2D eigenvalue weighted by Crippen LogP contribution is -2.11. The number of nitrogens with two attached hydrogens (primary N) is 1. The molecule has 1 unspecified atom stereocenters. The molecule has 2 aromatic rings. The van der Waals surface area contributed by atoms with E-state index in [1.807, 2.05) is 0 Å². The molecule has 17 heavy (non-hydrogen) atoms. The minimum Gasteiger partial charge on any atom is -0.375 e. The monoisotopic (exact) mass is 308 g/mol. The maximum Gasteiger partial charge on any atom is 0.180 e. The zero-order chi connectivity index (χ0) is 11.8. The van der Waals surface area contributed by atoms with Gasteiger partial charge in [-0.25, -0.2) is 4.98 Å². The van der Waals surface area contributed by atoms with E-state index in [1.165, 1.54) is 27.0 Å². The van der Waals surface area contributed by atoms with Gasteiger partial charge in [-0.2, -0.15) is 0 Å². The van der Waals surface area contributed by atoms with Gasteiger partial charge in [-0.3, -0.25) is 0 Å². The molecule has 0 fully saturated rings. The first-order chi connectivity index (χ1) is 8.24. The lowest BCUT2D eigenvalue weighted by atomic mass is 9.85. The summed E-state index contributed by atoms with van der Waals surface area (Å²) < 4.78 is 1.21. The summed E-state index contributed by atoms with van der Waals surface area (Å²) in [6.45, 7) is 0. The summed E-state index contributed by atoms with van der Waals surface area (Å²) in [5.41, 5.74) is 8.40. The number of fused-ring (bicyclic) bond motifs is 1. The average Bonchev–Trinajstić information content (AvgIpc) is 2.68. The fraction of sp³-hybridized carbons (Fsp3) is 0.308. The molecule has 1 heterocycles. The number of benzene rings is 1. The standard InChI is InChI=1S/C13H13BrN2S/c14-10-4-2-1-3-9(10)8-5-6-11-12(7-8)17-13(15)16-11/h1-4,8H,5-7H2,(H2,15,16). The summed E-state index contributed by atoms with van der Waals surface area (Å²) in [6, 6.07) is 8.50. The first-order valence-corrected chi connectivity index (χ1v) is 7.33. The van der Waals surface area contributed by atoms with E-state index in [2.05, 4.69) is 45.2 Å². The van der Waals surface area contributed by atoms with Gasteiger partial charge in [0.05, 0.1) is 5.69 Å². The number of nitrogens with zero attached hydrogens (tertiary/aromatic N) is 1. The SMILES string of the molecule is Nc1nc2c(s1)CC(c1ccccc1Br)CC2. The van der Waals surface area contributed by atoms with Gasteiger partial charge in [-0.15, -0.1) is 11.3 Å². The van der Waals surface area contributed by atoms with Crippen molar-refractivity contribution in [3.05, 3.63) is 44.9 Å². The Morgan fingerprint density at radius 1 is 1.35 bits per heavy atom. The molecule has 1 aromatic carbocycles. The van der Waals surface area contributed by atoms with Gasteiger partial charge in [0, 0.05) is 9.35 Å². The number of aromatic nitrogens is 1. The van der Waals surface area contributed by atoms with Crippen molar-refractivity contribution >= 4 is 32.4 Å². The zero-order valence-electron chi connectivity index (χ0n) is 9.32. The van der Waals surface area contributed by atoms with Gasteiger partial charge in [0.25, 0.3) is 0 Å². The van der Waals surface area contributed by atoms with Crippen LogP contribution in [0.25, 0.3) is 0 Å². The number of aryl methyl sites for hydroxylation is 1. The van der Waals surface area contributed by atoms with Crippen LogP contribution < -0.4 is 5.73 Å². The third-order valence-electron chi connectivity index (χ3n) is 3.30.